The quantitative estimate of drug-likeness (QED) is 0.307. The second-order valence-corrected chi connectivity index (χ2v) is 7.62. The van der Waals surface area contributed by atoms with Crippen LogP contribution in [0, 0.1) is 0 Å². The van der Waals surface area contributed by atoms with Gasteiger partial charge in [0.2, 0.25) is 0 Å². The number of nitrogens with zero attached hydrogens (tertiary/aromatic N) is 1. The molecule has 0 heterocycles. The Hall–Kier alpha value is -1.54. The lowest BCUT2D eigenvalue weighted by atomic mass is 10.1. The summed E-state index contributed by atoms with van der Waals surface area (Å²) in [6, 6.07) is 0. The van der Waals surface area contributed by atoms with Gasteiger partial charge in [-0.3, -0.25) is 9.35 Å². The number of aliphatic hydroxyl groups is 1. The summed E-state index contributed by atoms with van der Waals surface area (Å²) in [6.45, 7) is 3.35. The molecule has 0 aromatic carbocycles. The van der Waals surface area contributed by atoms with Crippen LogP contribution in [0.4, 0.5) is 0 Å². The summed E-state index contributed by atoms with van der Waals surface area (Å²) in [5.41, 5.74) is 0.879. The molecule has 0 amide bonds. The summed E-state index contributed by atoms with van der Waals surface area (Å²) in [5.74, 6) is -0.148. The fraction of sp³-hybridized carbons (Fsp3) is 0.706. The van der Waals surface area contributed by atoms with Crippen LogP contribution in [0.25, 0.3) is 0 Å². The van der Waals surface area contributed by atoms with Gasteiger partial charge in [-0.25, -0.2) is 0 Å². The van der Waals surface area contributed by atoms with Gasteiger partial charge in [0.05, 0.1) is 18.1 Å². The topological polar surface area (TPSA) is 104 Å². The lowest BCUT2D eigenvalue weighted by Gasteiger charge is -2.27. The van der Waals surface area contributed by atoms with E-state index in [1.807, 2.05) is 11.0 Å². The summed E-state index contributed by atoms with van der Waals surface area (Å²) >= 11 is 0. The van der Waals surface area contributed by atoms with Crippen molar-refractivity contribution in [1.29, 1.82) is 0 Å². The first-order chi connectivity index (χ1) is 11.8. The van der Waals surface area contributed by atoms with Gasteiger partial charge in [-0.05, 0) is 38.7 Å². The van der Waals surface area contributed by atoms with Crippen molar-refractivity contribution in [3.05, 3.63) is 23.6 Å². The molecule has 0 saturated heterocycles. The van der Waals surface area contributed by atoms with Crippen molar-refractivity contribution in [2.45, 2.75) is 51.9 Å². The van der Waals surface area contributed by atoms with E-state index in [0.717, 1.165) is 31.4 Å². The van der Waals surface area contributed by atoms with E-state index in [4.69, 9.17) is 9.29 Å². The van der Waals surface area contributed by atoms with Crippen molar-refractivity contribution in [3.8, 4) is 0 Å². The third-order valence-electron chi connectivity index (χ3n) is 3.88. The molecular weight excluding hydrogens is 346 g/mol. The van der Waals surface area contributed by atoms with Gasteiger partial charge < -0.3 is 14.7 Å². The molecule has 0 bridgehead atoms. The third kappa shape index (κ3) is 10.1. The number of ether oxygens (including phenoxy) is 1. The van der Waals surface area contributed by atoms with Gasteiger partial charge in [-0.1, -0.05) is 12.5 Å². The zero-order chi connectivity index (χ0) is 18.7. The molecule has 1 aliphatic carbocycles. The molecular formula is C17H29NO6S. The number of hydrogen-bond donors (Lipinski definition) is 2. The van der Waals surface area contributed by atoms with E-state index in [2.05, 4.69) is 0 Å². The average molecular weight is 375 g/mol. The average Bonchev–Trinajstić information content (AvgIpc) is 2.52. The van der Waals surface area contributed by atoms with Crippen molar-refractivity contribution in [1.82, 2.24) is 4.90 Å². The Morgan fingerprint density at radius 3 is 2.60 bits per heavy atom. The molecule has 1 rings (SSSR count). The minimum absolute atomic E-state index is 0.185. The zero-order valence-electron chi connectivity index (χ0n) is 14.8. The van der Waals surface area contributed by atoms with Gasteiger partial charge in [0, 0.05) is 31.6 Å². The highest BCUT2D eigenvalue weighted by molar-refractivity contribution is 7.85. The summed E-state index contributed by atoms with van der Waals surface area (Å²) < 4.78 is 35.5. The van der Waals surface area contributed by atoms with E-state index in [0.29, 0.717) is 44.7 Å². The number of hydrogen-bond acceptors (Lipinski definition) is 6. The van der Waals surface area contributed by atoms with Crippen LogP contribution in [0.3, 0.4) is 0 Å². The number of carbonyl (C=O) groups is 1. The van der Waals surface area contributed by atoms with Crippen molar-refractivity contribution in [2.75, 3.05) is 25.4 Å². The number of unbranched alkanes of at least 4 members (excludes halogenated alkanes) is 2. The minimum atomic E-state index is -3.97. The molecule has 25 heavy (non-hydrogen) atoms. The highest BCUT2D eigenvalue weighted by Gasteiger charge is 2.13. The van der Waals surface area contributed by atoms with Gasteiger partial charge in [0.15, 0.2) is 0 Å². The second-order valence-electron chi connectivity index (χ2n) is 6.05. The normalized spacial score (nSPS) is 14.6. The van der Waals surface area contributed by atoms with E-state index in [-0.39, 0.29) is 11.7 Å². The van der Waals surface area contributed by atoms with E-state index in [9.17, 15) is 18.3 Å². The maximum absolute atomic E-state index is 11.3. The molecule has 0 radical (unpaired) electrons. The van der Waals surface area contributed by atoms with Crippen LogP contribution in [0.2, 0.25) is 0 Å². The molecule has 0 aliphatic heterocycles. The standard InChI is InChI=1S/C17H29NO6S/c1-2-24-17(20)10-4-3-5-11-18(12-7-13-25(21,22)23)15-8-6-9-16(19)14-15/h8,14,19H,2-7,9-13H2,1H3,(H,21,22,23). The van der Waals surface area contributed by atoms with Crippen LogP contribution in [-0.2, 0) is 19.6 Å². The van der Waals surface area contributed by atoms with Crippen molar-refractivity contribution < 1.29 is 27.6 Å². The SMILES string of the molecule is CCOC(=O)CCCCCN(CCCS(=O)(=O)O)C1=CCCC(O)=C1. The molecule has 8 heteroatoms. The van der Waals surface area contributed by atoms with Crippen LogP contribution in [-0.4, -0.2) is 54.4 Å². The Morgan fingerprint density at radius 2 is 1.96 bits per heavy atom. The predicted octanol–water partition coefficient (Wildman–Crippen LogP) is 2.81. The molecule has 0 unspecified atom stereocenters. The van der Waals surface area contributed by atoms with Gasteiger partial charge in [0.1, 0.15) is 0 Å². The number of allylic oxidation sites excluding steroid dienone is 3. The Labute approximate surface area is 150 Å². The molecule has 0 spiro atoms. The fourth-order valence-electron chi connectivity index (χ4n) is 2.68. The van der Waals surface area contributed by atoms with E-state index < -0.39 is 10.1 Å². The number of esters is 1. The molecule has 144 valence electrons. The van der Waals surface area contributed by atoms with E-state index in [1.54, 1.807) is 13.0 Å². The van der Waals surface area contributed by atoms with Crippen molar-refractivity contribution >= 4 is 16.1 Å². The summed E-state index contributed by atoms with van der Waals surface area (Å²) in [5, 5.41) is 9.71. The Morgan fingerprint density at radius 1 is 1.24 bits per heavy atom. The number of rotatable bonds is 12. The van der Waals surface area contributed by atoms with E-state index >= 15 is 0 Å². The Kier molecular flexibility index (Phi) is 9.59. The van der Waals surface area contributed by atoms with Gasteiger partial charge >= 0.3 is 5.97 Å². The van der Waals surface area contributed by atoms with Crippen molar-refractivity contribution in [3.63, 3.8) is 0 Å². The molecule has 0 aromatic heterocycles. The first-order valence-corrected chi connectivity index (χ1v) is 10.4. The first kappa shape index (κ1) is 21.5. The summed E-state index contributed by atoms with van der Waals surface area (Å²) in [7, 11) is -3.97. The van der Waals surface area contributed by atoms with Crippen LogP contribution in [0.5, 0.6) is 0 Å². The molecule has 0 aromatic rings. The highest BCUT2D eigenvalue weighted by atomic mass is 32.2. The van der Waals surface area contributed by atoms with Gasteiger partial charge in [0.25, 0.3) is 10.1 Å². The van der Waals surface area contributed by atoms with Crippen LogP contribution in [0.15, 0.2) is 23.6 Å². The van der Waals surface area contributed by atoms with Crippen LogP contribution < -0.4 is 0 Å². The smallest absolute Gasteiger partial charge is 0.305 e. The highest BCUT2D eigenvalue weighted by Crippen LogP contribution is 2.19. The lowest BCUT2D eigenvalue weighted by molar-refractivity contribution is -0.143. The third-order valence-corrected chi connectivity index (χ3v) is 4.68. The maximum Gasteiger partial charge on any atom is 0.305 e. The molecule has 0 fully saturated rings. The summed E-state index contributed by atoms with van der Waals surface area (Å²) in [4.78, 5) is 13.3. The second kappa shape index (κ2) is 11.1. The Balaban J connectivity index is 2.45. The van der Waals surface area contributed by atoms with Crippen molar-refractivity contribution in [2.24, 2.45) is 0 Å². The number of aliphatic hydroxyl groups excluding tert-OH is 1. The predicted molar refractivity (Wildman–Crippen MR) is 95.7 cm³/mol. The zero-order valence-corrected chi connectivity index (χ0v) is 15.6. The van der Waals surface area contributed by atoms with Crippen LogP contribution >= 0.6 is 0 Å². The van der Waals surface area contributed by atoms with Gasteiger partial charge in [-0.15, -0.1) is 0 Å². The lowest BCUT2D eigenvalue weighted by Crippen LogP contribution is -2.27. The number of carbonyl (C=O) groups excluding carboxylic acids is 1. The summed E-state index contributed by atoms with van der Waals surface area (Å²) in [6.07, 6.45) is 8.25. The molecule has 2 N–H and O–H groups in total. The molecule has 1 aliphatic rings. The molecule has 0 atom stereocenters. The van der Waals surface area contributed by atoms with Crippen LogP contribution in [0.1, 0.15) is 51.9 Å². The van der Waals surface area contributed by atoms with E-state index in [1.165, 1.54) is 0 Å². The Bertz CT molecular complexity index is 582. The maximum atomic E-state index is 11.3. The first-order valence-electron chi connectivity index (χ1n) is 8.77. The molecule has 7 nitrogen and oxygen atoms in total. The monoisotopic (exact) mass is 375 g/mol. The largest absolute Gasteiger partial charge is 0.512 e. The fourth-order valence-corrected chi connectivity index (χ4v) is 3.17. The molecule has 0 saturated carbocycles. The van der Waals surface area contributed by atoms with Gasteiger partial charge in [-0.2, -0.15) is 8.42 Å². The minimum Gasteiger partial charge on any atom is -0.512 e.